The van der Waals surface area contributed by atoms with Crippen molar-refractivity contribution in [2.24, 2.45) is 0 Å². The Morgan fingerprint density at radius 2 is 1.89 bits per heavy atom. The summed E-state index contributed by atoms with van der Waals surface area (Å²) >= 11 is 0. The van der Waals surface area contributed by atoms with Crippen LogP contribution in [-0.4, -0.2) is 33.6 Å². The van der Waals surface area contributed by atoms with Crippen LogP contribution in [-0.2, 0) is 0 Å². The molecule has 0 radical (unpaired) electrons. The standard InChI is InChI=1S/C14H21NO3/c1-9-10(2)14(18-5)11(8-13(9)17-4)12(16)6-7-15-3/h8,15H,6-7H2,1-5H3. The largest absolute Gasteiger partial charge is 0.496 e. The minimum absolute atomic E-state index is 0.0580. The SMILES string of the molecule is CNCCC(=O)c1cc(OC)c(C)c(C)c1OC. The van der Waals surface area contributed by atoms with Gasteiger partial charge in [0.25, 0.3) is 0 Å². The topological polar surface area (TPSA) is 47.6 Å². The Kier molecular flexibility index (Phi) is 5.16. The molecule has 100 valence electrons. The number of methoxy groups -OCH3 is 2. The Hall–Kier alpha value is -1.55. The zero-order chi connectivity index (χ0) is 13.7. The predicted molar refractivity (Wildman–Crippen MR) is 71.9 cm³/mol. The van der Waals surface area contributed by atoms with Crippen LogP contribution in [0.4, 0.5) is 0 Å². The van der Waals surface area contributed by atoms with Gasteiger partial charge in [-0.3, -0.25) is 4.79 Å². The quantitative estimate of drug-likeness (QED) is 0.787. The van der Waals surface area contributed by atoms with Crippen LogP contribution in [0.15, 0.2) is 6.07 Å². The van der Waals surface area contributed by atoms with Crippen LogP contribution in [0.3, 0.4) is 0 Å². The second-order valence-electron chi connectivity index (χ2n) is 4.19. The summed E-state index contributed by atoms with van der Waals surface area (Å²) < 4.78 is 10.7. The highest BCUT2D eigenvalue weighted by atomic mass is 16.5. The van der Waals surface area contributed by atoms with Crippen LogP contribution >= 0.6 is 0 Å². The third-order valence-corrected chi connectivity index (χ3v) is 3.12. The van der Waals surface area contributed by atoms with Crippen LogP contribution in [0.1, 0.15) is 27.9 Å². The van der Waals surface area contributed by atoms with Gasteiger partial charge in [-0.05, 0) is 38.1 Å². The molecule has 0 aromatic heterocycles. The number of ether oxygens (including phenoxy) is 2. The average Bonchev–Trinajstić information content (AvgIpc) is 2.38. The normalized spacial score (nSPS) is 10.3. The van der Waals surface area contributed by atoms with E-state index in [1.165, 1.54) is 0 Å². The fraction of sp³-hybridized carbons (Fsp3) is 0.500. The molecule has 0 unspecified atom stereocenters. The van der Waals surface area contributed by atoms with Crippen LogP contribution in [0.25, 0.3) is 0 Å². The van der Waals surface area contributed by atoms with Crippen molar-refractivity contribution in [2.75, 3.05) is 27.8 Å². The maximum atomic E-state index is 12.1. The highest BCUT2D eigenvalue weighted by Crippen LogP contribution is 2.33. The lowest BCUT2D eigenvalue weighted by Crippen LogP contribution is -2.14. The van der Waals surface area contributed by atoms with Crippen molar-refractivity contribution in [2.45, 2.75) is 20.3 Å². The second-order valence-corrected chi connectivity index (χ2v) is 4.19. The molecule has 1 N–H and O–H groups in total. The van der Waals surface area contributed by atoms with Gasteiger partial charge in [-0.25, -0.2) is 0 Å². The summed E-state index contributed by atoms with van der Waals surface area (Å²) in [6.07, 6.45) is 0.443. The minimum atomic E-state index is 0.0580. The van der Waals surface area contributed by atoms with E-state index in [0.717, 1.165) is 16.9 Å². The minimum Gasteiger partial charge on any atom is -0.496 e. The monoisotopic (exact) mass is 251 g/mol. The number of carbonyl (C=O) groups excluding carboxylic acids is 1. The zero-order valence-electron chi connectivity index (χ0n) is 11.7. The van der Waals surface area contributed by atoms with Gasteiger partial charge in [0.05, 0.1) is 19.8 Å². The van der Waals surface area contributed by atoms with E-state index >= 15 is 0 Å². The second kappa shape index (κ2) is 6.40. The number of hydrogen-bond donors (Lipinski definition) is 1. The fourth-order valence-corrected chi connectivity index (χ4v) is 1.92. The first-order chi connectivity index (χ1) is 8.56. The summed E-state index contributed by atoms with van der Waals surface area (Å²) in [6, 6.07) is 1.76. The zero-order valence-corrected chi connectivity index (χ0v) is 11.7. The van der Waals surface area contributed by atoms with Gasteiger partial charge >= 0.3 is 0 Å². The summed E-state index contributed by atoms with van der Waals surface area (Å²) in [7, 11) is 5.02. The summed E-state index contributed by atoms with van der Waals surface area (Å²) in [5, 5.41) is 2.97. The molecule has 1 aromatic rings. The van der Waals surface area contributed by atoms with Gasteiger partial charge in [0.2, 0.25) is 0 Å². The van der Waals surface area contributed by atoms with Crippen molar-refractivity contribution < 1.29 is 14.3 Å². The molecule has 4 heteroatoms. The molecule has 0 fully saturated rings. The van der Waals surface area contributed by atoms with E-state index in [1.54, 1.807) is 20.3 Å². The molecule has 0 aliphatic carbocycles. The van der Waals surface area contributed by atoms with E-state index in [4.69, 9.17) is 9.47 Å². The molecule has 0 bridgehead atoms. The van der Waals surface area contributed by atoms with Crippen molar-refractivity contribution in [3.8, 4) is 11.5 Å². The average molecular weight is 251 g/mol. The van der Waals surface area contributed by atoms with Gasteiger partial charge in [0, 0.05) is 13.0 Å². The van der Waals surface area contributed by atoms with E-state index in [9.17, 15) is 4.79 Å². The number of rotatable bonds is 6. The summed E-state index contributed by atoms with van der Waals surface area (Å²) in [5.41, 5.74) is 2.54. The molecule has 0 atom stereocenters. The molecule has 0 spiro atoms. The fourth-order valence-electron chi connectivity index (χ4n) is 1.92. The van der Waals surface area contributed by atoms with E-state index in [0.29, 0.717) is 24.3 Å². The van der Waals surface area contributed by atoms with Gasteiger partial charge in [-0.1, -0.05) is 0 Å². The van der Waals surface area contributed by atoms with Gasteiger partial charge in [0.15, 0.2) is 5.78 Å². The maximum Gasteiger partial charge on any atom is 0.168 e. The van der Waals surface area contributed by atoms with Gasteiger partial charge < -0.3 is 14.8 Å². The molecule has 4 nitrogen and oxygen atoms in total. The first kappa shape index (κ1) is 14.5. The lowest BCUT2D eigenvalue weighted by molar-refractivity contribution is 0.0979. The molecule has 0 aliphatic rings. The Morgan fingerprint density at radius 3 is 2.39 bits per heavy atom. The molecule has 1 aromatic carbocycles. The van der Waals surface area contributed by atoms with E-state index in [1.807, 2.05) is 20.9 Å². The van der Waals surface area contributed by atoms with Crippen molar-refractivity contribution >= 4 is 5.78 Å². The molecule has 0 heterocycles. The highest BCUT2D eigenvalue weighted by Gasteiger charge is 2.18. The molecule has 0 saturated heterocycles. The maximum absolute atomic E-state index is 12.1. The predicted octanol–water partition coefficient (Wildman–Crippen LogP) is 2.11. The van der Waals surface area contributed by atoms with Crippen LogP contribution in [0.2, 0.25) is 0 Å². The highest BCUT2D eigenvalue weighted by molar-refractivity contribution is 5.99. The van der Waals surface area contributed by atoms with Crippen LogP contribution in [0, 0.1) is 13.8 Å². The number of ketones is 1. The molecular formula is C14H21NO3. The van der Waals surface area contributed by atoms with Gasteiger partial charge in [0.1, 0.15) is 11.5 Å². The first-order valence-electron chi connectivity index (χ1n) is 5.96. The lowest BCUT2D eigenvalue weighted by Gasteiger charge is -2.16. The Bertz CT molecular complexity index is 441. The van der Waals surface area contributed by atoms with Crippen molar-refractivity contribution in [3.63, 3.8) is 0 Å². The van der Waals surface area contributed by atoms with E-state index < -0.39 is 0 Å². The summed E-state index contributed by atoms with van der Waals surface area (Å²) in [4.78, 5) is 12.1. The van der Waals surface area contributed by atoms with E-state index in [-0.39, 0.29) is 5.78 Å². The van der Waals surface area contributed by atoms with Crippen LogP contribution < -0.4 is 14.8 Å². The number of nitrogens with one attached hydrogen (secondary N) is 1. The van der Waals surface area contributed by atoms with Gasteiger partial charge in [-0.2, -0.15) is 0 Å². The molecule has 0 saturated carbocycles. The number of hydrogen-bond acceptors (Lipinski definition) is 4. The summed E-state index contributed by atoms with van der Waals surface area (Å²) in [6.45, 7) is 4.54. The van der Waals surface area contributed by atoms with Gasteiger partial charge in [-0.15, -0.1) is 0 Å². The van der Waals surface area contributed by atoms with Crippen molar-refractivity contribution in [1.82, 2.24) is 5.32 Å². The van der Waals surface area contributed by atoms with E-state index in [2.05, 4.69) is 5.32 Å². The number of carbonyl (C=O) groups is 1. The first-order valence-corrected chi connectivity index (χ1v) is 5.96. The number of benzene rings is 1. The molecule has 18 heavy (non-hydrogen) atoms. The Labute approximate surface area is 108 Å². The van der Waals surface area contributed by atoms with Crippen molar-refractivity contribution in [3.05, 3.63) is 22.8 Å². The third kappa shape index (κ3) is 2.82. The van der Waals surface area contributed by atoms with Crippen molar-refractivity contribution in [1.29, 1.82) is 0 Å². The third-order valence-electron chi connectivity index (χ3n) is 3.12. The van der Waals surface area contributed by atoms with Crippen LogP contribution in [0.5, 0.6) is 11.5 Å². The number of Topliss-reactive ketones (excluding diaryl/α,β-unsaturated/α-hetero) is 1. The Balaban J connectivity index is 3.24. The summed E-state index contributed by atoms with van der Waals surface area (Å²) in [5.74, 6) is 1.43. The lowest BCUT2D eigenvalue weighted by atomic mass is 9.99. The smallest absolute Gasteiger partial charge is 0.168 e. The molecular weight excluding hydrogens is 230 g/mol. The Morgan fingerprint density at radius 1 is 1.22 bits per heavy atom. The molecule has 0 aliphatic heterocycles. The molecule has 0 amide bonds. The molecule has 1 rings (SSSR count).